The normalized spacial score (nSPS) is 14.0. The van der Waals surface area contributed by atoms with Gasteiger partial charge in [0.1, 0.15) is 5.69 Å². The molecule has 6 heteroatoms. The third kappa shape index (κ3) is 4.79. The van der Waals surface area contributed by atoms with Crippen molar-refractivity contribution >= 4 is 11.8 Å². The first-order valence-electron chi connectivity index (χ1n) is 7.83. The number of rotatable bonds is 7. The lowest BCUT2D eigenvalue weighted by Crippen LogP contribution is -2.37. The Balaban J connectivity index is 1.91. The van der Waals surface area contributed by atoms with E-state index in [0.29, 0.717) is 31.1 Å². The predicted molar refractivity (Wildman–Crippen MR) is 83.3 cm³/mol. The van der Waals surface area contributed by atoms with Crippen LogP contribution in [0.5, 0.6) is 0 Å². The van der Waals surface area contributed by atoms with Gasteiger partial charge in [-0.15, -0.1) is 0 Å². The first kappa shape index (κ1) is 16.4. The summed E-state index contributed by atoms with van der Waals surface area (Å²) in [6.45, 7) is 7.04. The van der Waals surface area contributed by atoms with Crippen molar-refractivity contribution in [3.63, 3.8) is 0 Å². The molecule has 1 heterocycles. The Bertz CT molecular complexity index is 523. The highest BCUT2D eigenvalue weighted by molar-refractivity contribution is 5.92. The van der Waals surface area contributed by atoms with E-state index in [-0.39, 0.29) is 17.9 Å². The highest BCUT2D eigenvalue weighted by Gasteiger charge is 2.33. The molecule has 22 heavy (non-hydrogen) atoms. The van der Waals surface area contributed by atoms with Crippen LogP contribution in [0.15, 0.2) is 12.4 Å². The largest absolute Gasteiger partial charge is 0.356 e. The van der Waals surface area contributed by atoms with Gasteiger partial charge in [-0.05, 0) is 25.7 Å². The van der Waals surface area contributed by atoms with Crippen LogP contribution >= 0.6 is 0 Å². The Morgan fingerprint density at radius 1 is 1.32 bits per heavy atom. The van der Waals surface area contributed by atoms with E-state index in [1.54, 1.807) is 11.1 Å². The third-order valence-corrected chi connectivity index (χ3v) is 3.54. The predicted octanol–water partition coefficient (Wildman–Crippen LogP) is 1.55. The topological polar surface area (TPSA) is 75.2 Å². The summed E-state index contributed by atoms with van der Waals surface area (Å²) in [5, 5.41) is 2.88. The summed E-state index contributed by atoms with van der Waals surface area (Å²) in [5.74, 6) is 0.279. The van der Waals surface area contributed by atoms with Gasteiger partial charge in [-0.1, -0.05) is 13.8 Å². The summed E-state index contributed by atoms with van der Waals surface area (Å²) in [4.78, 5) is 34.3. The quantitative estimate of drug-likeness (QED) is 0.829. The summed E-state index contributed by atoms with van der Waals surface area (Å²) in [6, 6.07) is 0.244. The molecule has 0 atom stereocenters. The first-order valence-corrected chi connectivity index (χ1v) is 7.83. The zero-order valence-electron chi connectivity index (χ0n) is 13.5. The molecule has 2 amide bonds. The van der Waals surface area contributed by atoms with Crippen LogP contribution in [0.3, 0.4) is 0 Å². The average Bonchev–Trinajstić information content (AvgIpc) is 3.30. The van der Waals surface area contributed by atoms with Crippen LogP contribution in [0.2, 0.25) is 0 Å². The second kappa shape index (κ2) is 7.33. The van der Waals surface area contributed by atoms with Gasteiger partial charge < -0.3 is 10.2 Å². The van der Waals surface area contributed by atoms with Gasteiger partial charge in [0, 0.05) is 31.7 Å². The maximum Gasteiger partial charge on any atom is 0.274 e. The highest BCUT2D eigenvalue weighted by Crippen LogP contribution is 2.28. The number of nitrogens with zero attached hydrogens (tertiary/aromatic N) is 3. The number of carbonyl (C=O) groups is 2. The smallest absolute Gasteiger partial charge is 0.274 e. The number of aromatic nitrogens is 2. The van der Waals surface area contributed by atoms with Crippen molar-refractivity contribution in [3.8, 4) is 0 Å². The molecule has 0 aliphatic heterocycles. The molecule has 0 spiro atoms. The second-order valence-corrected chi connectivity index (χ2v) is 6.22. The molecule has 0 radical (unpaired) electrons. The van der Waals surface area contributed by atoms with Gasteiger partial charge in [-0.3, -0.25) is 14.6 Å². The van der Waals surface area contributed by atoms with Gasteiger partial charge in [-0.25, -0.2) is 4.98 Å². The molecule has 0 bridgehead atoms. The second-order valence-electron chi connectivity index (χ2n) is 6.22. The highest BCUT2D eigenvalue weighted by atomic mass is 16.2. The van der Waals surface area contributed by atoms with Gasteiger partial charge in [0.25, 0.3) is 5.91 Å². The lowest BCUT2D eigenvalue weighted by molar-refractivity contribution is -0.121. The van der Waals surface area contributed by atoms with Crippen molar-refractivity contribution in [2.75, 3.05) is 13.1 Å². The molecule has 6 nitrogen and oxygen atoms in total. The molecule has 1 saturated carbocycles. The summed E-state index contributed by atoms with van der Waals surface area (Å²) in [7, 11) is 0. The van der Waals surface area contributed by atoms with Crippen molar-refractivity contribution in [2.24, 2.45) is 5.92 Å². The van der Waals surface area contributed by atoms with E-state index in [1.807, 2.05) is 6.92 Å². The first-order chi connectivity index (χ1) is 10.5. The molecule has 120 valence electrons. The number of amides is 2. The molecule has 2 rings (SSSR count). The summed E-state index contributed by atoms with van der Waals surface area (Å²) < 4.78 is 0. The van der Waals surface area contributed by atoms with E-state index < -0.39 is 0 Å². The minimum atomic E-state index is -0.133. The van der Waals surface area contributed by atoms with Gasteiger partial charge in [0.05, 0.1) is 11.9 Å². The van der Waals surface area contributed by atoms with Gasteiger partial charge >= 0.3 is 0 Å². The molecule has 1 fully saturated rings. The molecule has 1 aromatic rings. The molecule has 0 unspecified atom stereocenters. The van der Waals surface area contributed by atoms with E-state index in [1.165, 1.54) is 6.20 Å². The van der Waals surface area contributed by atoms with E-state index in [0.717, 1.165) is 18.5 Å². The van der Waals surface area contributed by atoms with Crippen LogP contribution in [-0.2, 0) is 4.79 Å². The molecule has 0 aromatic carbocycles. The van der Waals surface area contributed by atoms with Crippen LogP contribution in [0.1, 0.15) is 49.3 Å². The van der Waals surface area contributed by atoms with E-state index in [9.17, 15) is 9.59 Å². The maximum atomic E-state index is 12.5. The van der Waals surface area contributed by atoms with Crippen LogP contribution in [0, 0.1) is 12.8 Å². The Morgan fingerprint density at radius 3 is 2.59 bits per heavy atom. The molecule has 1 aliphatic rings. The SMILES string of the molecule is Cc1cnc(C(=O)N(CCC(=O)NCC(C)C)C2CC2)cn1. The van der Waals surface area contributed by atoms with Crippen LogP contribution in [0.4, 0.5) is 0 Å². The van der Waals surface area contributed by atoms with E-state index in [2.05, 4.69) is 29.1 Å². The summed E-state index contributed by atoms with van der Waals surface area (Å²) in [5.41, 5.74) is 1.13. The fourth-order valence-electron chi connectivity index (χ4n) is 2.11. The fourth-order valence-corrected chi connectivity index (χ4v) is 2.11. The van der Waals surface area contributed by atoms with Gasteiger partial charge in [0.2, 0.25) is 5.91 Å². The minimum absolute atomic E-state index is 0.0119. The fraction of sp³-hybridized carbons (Fsp3) is 0.625. The zero-order chi connectivity index (χ0) is 16.1. The Hall–Kier alpha value is -1.98. The van der Waals surface area contributed by atoms with Gasteiger partial charge in [0.15, 0.2) is 0 Å². The molecule has 0 saturated heterocycles. The monoisotopic (exact) mass is 304 g/mol. The van der Waals surface area contributed by atoms with E-state index >= 15 is 0 Å². The van der Waals surface area contributed by atoms with Crippen molar-refractivity contribution in [2.45, 2.75) is 46.1 Å². The van der Waals surface area contributed by atoms with E-state index in [4.69, 9.17) is 0 Å². The van der Waals surface area contributed by atoms with Crippen LogP contribution in [-0.4, -0.2) is 45.8 Å². The number of hydrogen-bond acceptors (Lipinski definition) is 4. The van der Waals surface area contributed by atoms with Crippen LogP contribution in [0.25, 0.3) is 0 Å². The van der Waals surface area contributed by atoms with Gasteiger partial charge in [-0.2, -0.15) is 0 Å². The molecule has 1 N–H and O–H groups in total. The minimum Gasteiger partial charge on any atom is -0.356 e. The summed E-state index contributed by atoms with van der Waals surface area (Å²) >= 11 is 0. The van der Waals surface area contributed by atoms with Crippen molar-refractivity contribution in [3.05, 3.63) is 23.8 Å². The summed E-state index contributed by atoms with van der Waals surface area (Å²) in [6.07, 6.45) is 5.42. The van der Waals surface area contributed by atoms with Crippen molar-refractivity contribution in [1.82, 2.24) is 20.2 Å². The molecular formula is C16H24N4O2. The molecule has 1 aromatic heterocycles. The Kier molecular flexibility index (Phi) is 5.46. The van der Waals surface area contributed by atoms with Crippen LogP contribution < -0.4 is 5.32 Å². The number of nitrogens with one attached hydrogen (secondary N) is 1. The average molecular weight is 304 g/mol. The molecular weight excluding hydrogens is 280 g/mol. The molecule has 1 aliphatic carbocycles. The number of aryl methyl sites for hydroxylation is 1. The standard InChI is InChI=1S/C16H24N4O2/c1-11(2)8-19-15(21)6-7-20(13-4-5-13)16(22)14-10-17-12(3)9-18-14/h9-11,13H,4-8H2,1-3H3,(H,19,21). The Morgan fingerprint density at radius 2 is 2.05 bits per heavy atom. The lowest BCUT2D eigenvalue weighted by atomic mass is 10.2. The zero-order valence-corrected chi connectivity index (χ0v) is 13.5. The lowest BCUT2D eigenvalue weighted by Gasteiger charge is -2.21. The Labute approximate surface area is 131 Å². The maximum absolute atomic E-state index is 12.5. The number of hydrogen-bond donors (Lipinski definition) is 1. The van der Waals surface area contributed by atoms with Crippen molar-refractivity contribution in [1.29, 1.82) is 0 Å². The van der Waals surface area contributed by atoms with Crippen molar-refractivity contribution < 1.29 is 9.59 Å². The number of carbonyl (C=O) groups excluding carboxylic acids is 2. The third-order valence-electron chi connectivity index (χ3n) is 3.54.